The maximum absolute atomic E-state index is 12.2. The number of carbonyl (C=O) groups excluding carboxylic acids is 2. The first-order valence-electron chi connectivity index (χ1n) is 7.37. The van der Waals surface area contributed by atoms with E-state index in [1.54, 1.807) is 31.4 Å². The van der Waals surface area contributed by atoms with Crippen LogP contribution in [0.3, 0.4) is 0 Å². The zero-order valence-electron chi connectivity index (χ0n) is 13.6. The molecular weight excluding hydrogens is 326 g/mol. The Hall–Kier alpha value is -3.35. The average Bonchev–Trinajstić information content (AvgIpc) is 2.66. The van der Waals surface area contributed by atoms with Crippen LogP contribution in [0.15, 0.2) is 41.4 Å². The lowest BCUT2D eigenvalue weighted by molar-refractivity contribution is -0.133. The number of hydrogen-bond donors (Lipinski definition) is 1. The molecule has 1 N–H and O–H groups in total. The third-order valence-corrected chi connectivity index (χ3v) is 3.81. The highest BCUT2D eigenvalue weighted by Crippen LogP contribution is 2.42. The van der Waals surface area contributed by atoms with E-state index in [4.69, 9.17) is 14.2 Å². The number of ether oxygens (including phenoxy) is 3. The van der Waals surface area contributed by atoms with E-state index in [1.807, 2.05) is 0 Å². The van der Waals surface area contributed by atoms with Gasteiger partial charge in [-0.2, -0.15) is 0 Å². The number of hydrogen-bond acceptors (Lipinski definition) is 7. The monoisotopic (exact) mass is 341 g/mol. The molecule has 2 aromatic rings. The van der Waals surface area contributed by atoms with Gasteiger partial charge in [0.15, 0.2) is 18.1 Å². The van der Waals surface area contributed by atoms with Crippen molar-refractivity contribution in [3.63, 3.8) is 0 Å². The molecule has 0 fully saturated rings. The topological polar surface area (TPSA) is 94.4 Å². The third-order valence-electron chi connectivity index (χ3n) is 3.81. The molecule has 0 saturated carbocycles. The smallest absolute Gasteiger partial charge is 0.356 e. The zero-order chi connectivity index (χ0) is 18.0. The first-order chi connectivity index (χ1) is 12.1. The fraction of sp³-hybridized carbons (Fsp3) is 0.167. The number of phenolic OH excluding ortho intramolecular Hbond substituents is 1. The van der Waals surface area contributed by atoms with Crippen LogP contribution < -0.4 is 9.47 Å². The summed E-state index contributed by atoms with van der Waals surface area (Å²) in [5.74, 6) is 0.0120. The molecule has 0 radical (unpaired) electrons. The summed E-state index contributed by atoms with van der Waals surface area (Å²) in [5.41, 5.74) is 0.692. The van der Waals surface area contributed by atoms with Crippen molar-refractivity contribution in [2.45, 2.75) is 6.10 Å². The molecule has 25 heavy (non-hydrogen) atoms. The highest BCUT2D eigenvalue weighted by molar-refractivity contribution is 6.39. The molecule has 0 saturated heterocycles. The lowest BCUT2D eigenvalue weighted by Crippen LogP contribution is -2.29. The summed E-state index contributed by atoms with van der Waals surface area (Å²) in [4.78, 5) is 27.7. The zero-order valence-corrected chi connectivity index (χ0v) is 13.6. The molecular formula is C18H15NO6. The quantitative estimate of drug-likeness (QED) is 0.678. The van der Waals surface area contributed by atoms with Crippen molar-refractivity contribution in [2.24, 2.45) is 4.99 Å². The van der Waals surface area contributed by atoms with Gasteiger partial charge in [-0.05, 0) is 29.8 Å². The van der Waals surface area contributed by atoms with Crippen molar-refractivity contribution in [3.05, 3.63) is 47.5 Å². The number of nitrogens with zero attached hydrogens (tertiary/aromatic N) is 1. The normalized spacial score (nSPS) is 15.4. The molecule has 3 rings (SSSR count). The van der Waals surface area contributed by atoms with Crippen LogP contribution in [0.4, 0.5) is 5.69 Å². The SMILES string of the molecule is COC(=O)C1=Nc2c(ccc(O)c2C=O)OC1c1ccc(OC)cc1. The molecule has 1 aliphatic heterocycles. The lowest BCUT2D eigenvalue weighted by atomic mass is 10.0. The molecule has 7 heteroatoms. The summed E-state index contributed by atoms with van der Waals surface area (Å²) in [5, 5.41) is 9.80. The third kappa shape index (κ3) is 2.91. The number of phenols is 1. The van der Waals surface area contributed by atoms with Crippen molar-refractivity contribution in [1.29, 1.82) is 0 Å². The summed E-state index contributed by atoms with van der Waals surface area (Å²) in [6, 6.07) is 9.79. The van der Waals surface area contributed by atoms with Crippen LogP contribution >= 0.6 is 0 Å². The van der Waals surface area contributed by atoms with Crippen LogP contribution in [-0.4, -0.2) is 37.3 Å². The van der Waals surface area contributed by atoms with Gasteiger partial charge >= 0.3 is 5.97 Å². The van der Waals surface area contributed by atoms with Crippen molar-refractivity contribution in [3.8, 4) is 17.2 Å². The van der Waals surface area contributed by atoms with Crippen molar-refractivity contribution >= 4 is 23.7 Å². The molecule has 7 nitrogen and oxygen atoms in total. The molecule has 0 amide bonds. The highest BCUT2D eigenvalue weighted by atomic mass is 16.5. The molecule has 0 aromatic heterocycles. The van der Waals surface area contributed by atoms with E-state index >= 15 is 0 Å². The largest absolute Gasteiger partial charge is 0.507 e. The molecule has 0 bridgehead atoms. The second-order valence-electron chi connectivity index (χ2n) is 5.22. The van der Waals surface area contributed by atoms with Crippen molar-refractivity contribution in [1.82, 2.24) is 0 Å². The van der Waals surface area contributed by atoms with Gasteiger partial charge in [0.25, 0.3) is 0 Å². The standard InChI is InChI=1S/C18H15NO6/c1-23-11-5-3-10(4-6-11)17-16(18(22)24-2)19-15-12(9-20)13(21)7-8-14(15)25-17/h3-9,17,21H,1-2H3. The van der Waals surface area contributed by atoms with Crippen LogP contribution in [-0.2, 0) is 9.53 Å². The lowest BCUT2D eigenvalue weighted by Gasteiger charge is -2.26. The highest BCUT2D eigenvalue weighted by Gasteiger charge is 2.33. The maximum atomic E-state index is 12.2. The number of esters is 1. The van der Waals surface area contributed by atoms with Gasteiger partial charge in [-0.25, -0.2) is 9.79 Å². The van der Waals surface area contributed by atoms with Gasteiger partial charge in [-0.1, -0.05) is 12.1 Å². The van der Waals surface area contributed by atoms with Crippen molar-refractivity contribution in [2.75, 3.05) is 14.2 Å². The Kier molecular flexibility index (Phi) is 4.38. The second kappa shape index (κ2) is 6.64. The van der Waals surface area contributed by atoms with Crippen LogP contribution in [0.5, 0.6) is 17.2 Å². The van der Waals surface area contributed by atoms with Crippen LogP contribution in [0.1, 0.15) is 22.0 Å². The number of methoxy groups -OCH3 is 2. The van der Waals surface area contributed by atoms with Crippen LogP contribution in [0, 0.1) is 0 Å². The van der Waals surface area contributed by atoms with Crippen LogP contribution in [0.25, 0.3) is 0 Å². The fourth-order valence-corrected chi connectivity index (χ4v) is 2.53. The predicted molar refractivity (Wildman–Crippen MR) is 89.0 cm³/mol. The van der Waals surface area contributed by atoms with E-state index < -0.39 is 12.1 Å². The predicted octanol–water partition coefficient (Wildman–Crippen LogP) is 2.59. The minimum atomic E-state index is -0.810. The number of rotatable bonds is 4. The van der Waals surface area contributed by atoms with Crippen LogP contribution in [0.2, 0.25) is 0 Å². The average molecular weight is 341 g/mol. The molecule has 0 aliphatic carbocycles. The number of aliphatic imine (C=N–C) groups is 1. The van der Waals surface area contributed by atoms with Gasteiger partial charge in [0.2, 0.25) is 0 Å². The van der Waals surface area contributed by atoms with E-state index in [0.29, 0.717) is 17.6 Å². The Balaban J connectivity index is 2.12. The van der Waals surface area contributed by atoms with E-state index in [0.717, 1.165) is 0 Å². The number of aromatic hydroxyl groups is 1. The number of fused-ring (bicyclic) bond motifs is 1. The molecule has 1 aliphatic rings. The fourth-order valence-electron chi connectivity index (χ4n) is 2.53. The summed E-state index contributed by atoms with van der Waals surface area (Å²) >= 11 is 0. The summed E-state index contributed by atoms with van der Waals surface area (Å²) in [6.07, 6.45) is -0.348. The number of aldehydes is 1. The first-order valence-corrected chi connectivity index (χ1v) is 7.37. The maximum Gasteiger partial charge on any atom is 0.356 e. The first kappa shape index (κ1) is 16.5. The molecule has 128 valence electrons. The van der Waals surface area contributed by atoms with E-state index in [2.05, 4.69) is 4.99 Å². The molecule has 1 unspecified atom stereocenters. The van der Waals surface area contributed by atoms with Gasteiger partial charge in [0, 0.05) is 0 Å². The minimum absolute atomic E-state index is 0.0196. The Bertz CT molecular complexity index is 857. The Morgan fingerprint density at radius 2 is 1.92 bits per heavy atom. The van der Waals surface area contributed by atoms with E-state index in [9.17, 15) is 14.7 Å². The molecule has 1 atom stereocenters. The van der Waals surface area contributed by atoms with Crippen molar-refractivity contribution < 1.29 is 28.9 Å². The minimum Gasteiger partial charge on any atom is -0.507 e. The second-order valence-corrected chi connectivity index (χ2v) is 5.22. The molecule has 2 aromatic carbocycles. The van der Waals surface area contributed by atoms with Gasteiger partial charge in [-0.3, -0.25) is 4.79 Å². The van der Waals surface area contributed by atoms with Gasteiger partial charge < -0.3 is 19.3 Å². The van der Waals surface area contributed by atoms with E-state index in [-0.39, 0.29) is 28.5 Å². The summed E-state index contributed by atoms with van der Waals surface area (Å²) < 4.78 is 15.8. The van der Waals surface area contributed by atoms with E-state index in [1.165, 1.54) is 19.2 Å². The van der Waals surface area contributed by atoms with Gasteiger partial charge in [0.1, 0.15) is 22.9 Å². The van der Waals surface area contributed by atoms with Gasteiger partial charge in [0.05, 0.1) is 19.8 Å². The summed E-state index contributed by atoms with van der Waals surface area (Å²) in [6.45, 7) is 0. The molecule has 0 spiro atoms. The molecule has 1 heterocycles. The Labute approximate surface area is 143 Å². The number of carbonyl (C=O) groups is 2. The Morgan fingerprint density at radius 1 is 1.20 bits per heavy atom. The number of benzene rings is 2. The summed E-state index contributed by atoms with van der Waals surface area (Å²) in [7, 11) is 2.78. The van der Waals surface area contributed by atoms with Gasteiger partial charge in [-0.15, -0.1) is 0 Å². The Morgan fingerprint density at radius 3 is 2.52 bits per heavy atom.